The summed E-state index contributed by atoms with van der Waals surface area (Å²) in [5.74, 6) is 0.639. The van der Waals surface area contributed by atoms with Crippen LogP contribution < -0.4 is 30.0 Å². The molecule has 3 N–H and O–H groups in total. The Balaban J connectivity index is 1.36. The van der Waals surface area contributed by atoms with Crippen LogP contribution in [0.4, 0.5) is 16.2 Å². The number of amides is 3. The molecule has 3 amide bonds. The third kappa shape index (κ3) is 17.1. The van der Waals surface area contributed by atoms with E-state index in [0.29, 0.717) is 84.6 Å². The monoisotopic (exact) mass is 1060 g/mol. The quantitative estimate of drug-likeness (QED) is 0.0229. The minimum absolute atomic E-state index is 0.0156. The zero-order chi connectivity index (χ0) is 54.9. The van der Waals surface area contributed by atoms with Crippen LogP contribution in [0, 0.1) is 6.92 Å². The molecule has 2 saturated heterocycles. The molecule has 2 heterocycles. The van der Waals surface area contributed by atoms with Crippen LogP contribution in [-0.4, -0.2) is 141 Å². The topological polar surface area (TPSA) is 205 Å². The molecule has 0 bridgehead atoms. The highest BCUT2D eigenvalue weighted by Gasteiger charge is 2.40. The molecule has 410 valence electrons. The first-order valence-electron chi connectivity index (χ1n) is 25.3. The Morgan fingerprint density at radius 3 is 1.95 bits per heavy atom. The third-order valence-corrected chi connectivity index (χ3v) is 17.8. The van der Waals surface area contributed by atoms with Crippen molar-refractivity contribution in [2.45, 2.75) is 97.3 Å². The largest absolute Gasteiger partial charge is 0.493 e. The van der Waals surface area contributed by atoms with Crippen molar-refractivity contribution in [1.82, 2.24) is 9.80 Å². The fourth-order valence-corrected chi connectivity index (χ4v) is 9.23. The van der Waals surface area contributed by atoms with Gasteiger partial charge in [0.1, 0.15) is 44.5 Å². The van der Waals surface area contributed by atoms with Crippen molar-refractivity contribution in [2.24, 2.45) is 0 Å². The molecule has 2 aliphatic rings. The standard InChI is InChI=1S/C56H78N4O14Si/c1-13-15-71-55(64)58-48-30-49(39(5)24-46(48)54(63)60-32-38(4)23-43(60)35-74-75(11,12)56(6,7)8)72-33-40-25-41(27-44(26-40)70-21-20-68-17-16-67-18-19-69-36-52(61)66-10)34-73-51-29-47(57)45(28-50(51)65-9)53(62)59-31-37(3)22-42(59)14-2/h13,24-30,42-43H,1,3-4,14-23,31-36,57H2,2,5-12H3,(H,58,64). The van der Waals surface area contributed by atoms with Gasteiger partial charge >= 0.3 is 12.1 Å². The maximum Gasteiger partial charge on any atom is 0.411 e. The highest BCUT2D eigenvalue weighted by molar-refractivity contribution is 6.74. The summed E-state index contributed by atoms with van der Waals surface area (Å²) in [7, 11) is 0.664. The minimum Gasteiger partial charge on any atom is -0.493 e. The van der Waals surface area contributed by atoms with Crippen LogP contribution in [0.2, 0.25) is 18.1 Å². The molecule has 3 aromatic rings. The summed E-state index contributed by atoms with van der Waals surface area (Å²) in [5, 5.41) is 2.75. The average molecular weight is 1060 g/mol. The molecule has 2 atom stereocenters. The molecule has 0 radical (unpaired) electrons. The van der Waals surface area contributed by atoms with Crippen molar-refractivity contribution in [2.75, 3.05) is 97.8 Å². The first-order chi connectivity index (χ1) is 35.7. The molecule has 5 rings (SSSR count). The number of methoxy groups -OCH3 is 2. The number of esters is 1. The van der Waals surface area contributed by atoms with Gasteiger partial charge in [0.2, 0.25) is 0 Å². The Hall–Kier alpha value is -6.38. The summed E-state index contributed by atoms with van der Waals surface area (Å²) in [5.41, 5.74) is 11.5. The fraction of sp³-hybridized carbons (Fsp3) is 0.500. The Kier molecular flexibility index (Phi) is 22.2. The lowest BCUT2D eigenvalue weighted by Gasteiger charge is -2.38. The van der Waals surface area contributed by atoms with Crippen LogP contribution >= 0.6 is 0 Å². The average Bonchev–Trinajstić information content (AvgIpc) is 3.96. The van der Waals surface area contributed by atoms with Crippen molar-refractivity contribution in [1.29, 1.82) is 0 Å². The van der Waals surface area contributed by atoms with E-state index in [1.54, 1.807) is 34.1 Å². The number of hydrogen-bond acceptors (Lipinski definition) is 15. The molecular formula is C56H78N4O14Si. The summed E-state index contributed by atoms with van der Waals surface area (Å²) in [6.07, 6.45) is 2.83. The Morgan fingerprint density at radius 2 is 1.35 bits per heavy atom. The van der Waals surface area contributed by atoms with E-state index >= 15 is 0 Å². The number of nitrogens with zero attached hydrogens (tertiary/aromatic N) is 2. The van der Waals surface area contributed by atoms with Gasteiger partial charge in [0.15, 0.2) is 19.8 Å². The minimum atomic E-state index is -2.13. The van der Waals surface area contributed by atoms with E-state index in [1.165, 1.54) is 20.3 Å². The summed E-state index contributed by atoms with van der Waals surface area (Å²) in [4.78, 5) is 56.1. The first kappa shape index (κ1) is 59.5. The van der Waals surface area contributed by atoms with Crippen LogP contribution in [0.25, 0.3) is 0 Å². The Morgan fingerprint density at radius 1 is 0.760 bits per heavy atom. The lowest BCUT2D eigenvalue weighted by Crippen LogP contribution is -2.46. The molecule has 0 spiro atoms. The zero-order valence-corrected chi connectivity index (χ0v) is 46.4. The van der Waals surface area contributed by atoms with Gasteiger partial charge in [-0.3, -0.25) is 14.9 Å². The fourth-order valence-electron chi connectivity index (χ4n) is 8.19. The smallest absolute Gasteiger partial charge is 0.411 e. The summed E-state index contributed by atoms with van der Waals surface area (Å²) in [6.45, 7) is 29.4. The predicted molar refractivity (Wildman–Crippen MR) is 289 cm³/mol. The second-order valence-corrected chi connectivity index (χ2v) is 24.9. The van der Waals surface area contributed by atoms with Gasteiger partial charge in [0.25, 0.3) is 11.8 Å². The normalized spacial score (nSPS) is 15.7. The van der Waals surface area contributed by atoms with E-state index in [0.717, 1.165) is 24.0 Å². The SMILES string of the molecule is C=CCOC(=O)Nc1cc(OCc2cc(COc3cc(N)c(C(=O)N4CC(=C)CC4CC)cc3OC)cc(OCCOCCOCCOCC(=O)OC)c2)c(C)cc1C(=O)N1CC(=C)CC1CO[Si](C)(C)C(C)(C)C. The number of carbonyl (C=O) groups excluding carboxylic acids is 4. The summed E-state index contributed by atoms with van der Waals surface area (Å²) < 4.78 is 57.6. The van der Waals surface area contributed by atoms with Crippen LogP contribution in [0.5, 0.6) is 23.0 Å². The number of likely N-dealkylation sites (tertiary alicyclic amines) is 2. The number of carbonyl (C=O) groups is 4. The van der Waals surface area contributed by atoms with Gasteiger partial charge in [-0.2, -0.15) is 0 Å². The molecule has 2 aliphatic heterocycles. The molecule has 19 heteroatoms. The lowest BCUT2D eigenvalue weighted by molar-refractivity contribution is -0.146. The van der Waals surface area contributed by atoms with Crippen molar-refractivity contribution in [3.8, 4) is 23.0 Å². The molecule has 18 nitrogen and oxygen atoms in total. The predicted octanol–water partition coefficient (Wildman–Crippen LogP) is 9.05. The van der Waals surface area contributed by atoms with Crippen molar-refractivity contribution in [3.63, 3.8) is 0 Å². The molecule has 0 saturated carbocycles. The number of nitrogen functional groups attached to an aromatic ring is 1. The third-order valence-electron chi connectivity index (χ3n) is 13.3. The highest BCUT2D eigenvalue weighted by atomic mass is 28.4. The second-order valence-electron chi connectivity index (χ2n) is 20.1. The highest BCUT2D eigenvalue weighted by Crippen LogP contribution is 2.39. The molecule has 2 fully saturated rings. The molecular weight excluding hydrogens is 981 g/mol. The van der Waals surface area contributed by atoms with Gasteiger partial charge in [0.05, 0.1) is 76.7 Å². The number of anilines is 2. The maximum atomic E-state index is 14.6. The number of ether oxygens (including phenoxy) is 9. The van der Waals surface area contributed by atoms with E-state index in [9.17, 15) is 19.2 Å². The molecule has 3 aromatic carbocycles. The summed E-state index contributed by atoms with van der Waals surface area (Å²) in [6, 6.07) is 11.9. The first-order valence-corrected chi connectivity index (χ1v) is 28.2. The number of nitrogens with two attached hydrogens (primary N) is 1. The van der Waals surface area contributed by atoms with E-state index in [1.807, 2.05) is 32.0 Å². The summed E-state index contributed by atoms with van der Waals surface area (Å²) >= 11 is 0. The van der Waals surface area contributed by atoms with Crippen LogP contribution in [0.3, 0.4) is 0 Å². The number of aryl methyl sites for hydroxylation is 1. The van der Waals surface area contributed by atoms with E-state index in [2.05, 4.69) is 63.7 Å². The van der Waals surface area contributed by atoms with Gasteiger partial charge in [-0.15, -0.1) is 0 Å². The molecule has 75 heavy (non-hydrogen) atoms. The van der Waals surface area contributed by atoms with Crippen molar-refractivity contribution < 1.29 is 66.2 Å². The lowest BCUT2D eigenvalue weighted by atomic mass is 10.1. The van der Waals surface area contributed by atoms with Gasteiger partial charge in [-0.05, 0) is 91.3 Å². The van der Waals surface area contributed by atoms with Crippen molar-refractivity contribution in [3.05, 3.63) is 107 Å². The number of hydrogen-bond donors (Lipinski definition) is 2. The molecule has 0 aliphatic carbocycles. The van der Waals surface area contributed by atoms with E-state index < -0.39 is 20.4 Å². The number of benzene rings is 3. The van der Waals surface area contributed by atoms with E-state index in [-0.39, 0.29) is 98.7 Å². The van der Waals surface area contributed by atoms with Crippen LogP contribution in [0.15, 0.2) is 79.4 Å². The molecule has 0 aromatic heterocycles. The van der Waals surface area contributed by atoms with Gasteiger partial charge < -0.3 is 62.6 Å². The van der Waals surface area contributed by atoms with Crippen molar-refractivity contribution >= 4 is 43.6 Å². The number of nitrogens with one attached hydrogen (secondary N) is 1. The zero-order valence-electron chi connectivity index (χ0n) is 45.4. The number of rotatable bonds is 28. The molecule has 2 unspecified atom stereocenters. The van der Waals surface area contributed by atoms with E-state index in [4.69, 9.17) is 48.1 Å². The Bertz CT molecular complexity index is 2510. The van der Waals surface area contributed by atoms with Crippen LogP contribution in [0.1, 0.15) is 84.4 Å². The van der Waals surface area contributed by atoms with Gasteiger partial charge in [0, 0.05) is 37.0 Å². The van der Waals surface area contributed by atoms with Crippen LogP contribution in [-0.2, 0) is 46.1 Å². The maximum absolute atomic E-state index is 14.6. The van der Waals surface area contributed by atoms with Gasteiger partial charge in [-0.25, -0.2) is 9.59 Å². The van der Waals surface area contributed by atoms with Gasteiger partial charge in [-0.1, -0.05) is 64.7 Å². The second kappa shape index (κ2) is 27.9. The Labute approximate surface area is 443 Å².